The number of aliphatic carboxylic acids is 1. The fourth-order valence-electron chi connectivity index (χ4n) is 2.99. The van der Waals surface area contributed by atoms with Crippen molar-refractivity contribution in [2.75, 3.05) is 0 Å². The number of benzene rings is 2. The fourth-order valence-corrected chi connectivity index (χ4v) is 2.99. The molecule has 1 aromatic heterocycles. The molecule has 2 heterocycles. The summed E-state index contributed by atoms with van der Waals surface area (Å²) in [6, 6.07) is 8.74. The fraction of sp³-hybridized carbons (Fsp3) is 0.176. The van der Waals surface area contributed by atoms with Crippen LogP contribution < -0.4 is 10.2 Å². The molecule has 1 aliphatic rings. The van der Waals surface area contributed by atoms with Gasteiger partial charge >= 0.3 is 5.97 Å². The Balaban J connectivity index is 2.07. The summed E-state index contributed by atoms with van der Waals surface area (Å²) >= 11 is 0. The average Bonchev–Trinajstić information content (AvgIpc) is 2.94. The lowest BCUT2D eigenvalue weighted by molar-refractivity contribution is -0.144. The number of carbonyl (C=O) groups is 1. The zero-order valence-corrected chi connectivity index (χ0v) is 11.8. The first-order chi connectivity index (χ1) is 10.6. The number of para-hydroxylation sites is 1. The number of fused-ring (bicyclic) bond motifs is 3. The molecule has 22 heavy (non-hydrogen) atoms. The van der Waals surface area contributed by atoms with Crippen molar-refractivity contribution in [2.45, 2.75) is 19.4 Å². The second kappa shape index (κ2) is 4.34. The molecule has 1 unspecified atom stereocenters. The predicted octanol–water partition coefficient (Wildman–Crippen LogP) is 2.64. The van der Waals surface area contributed by atoms with E-state index in [4.69, 9.17) is 14.3 Å². The molecule has 0 spiro atoms. The Labute approximate surface area is 124 Å². The van der Waals surface area contributed by atoms with Gasteiger partial charge in [0, 0.05) is 12.0 Å². The van der Waals surface area contributed by atoms with E-state index in [0.29, 0.717) is 33.3 Å². The van der Waals surface area contributed by atoms with Crippen molar-refractivity contribution in [3.8, 4) is 5.75 Å². The molecule has 1 N–H and O–H groups in total. The van der Waals surface area contributed by atoms with E-state index in [9.17, 15) is 9.59 Å². The van der Waals surface area contributed by atoms with Crippen LogP contribution in [0.1, 0.15) is 11.1 Å². The van der Waals surface area contributed by atoms with E-state index in [1.165, 1.54) is 0 Å². The third kappa shape index (κ3) is 1.65. The zero-order chi connectivity index (χ0) is 15.4. The summed E-state index contributed by atoms with van der Waals surface area (Å²) in [5.74, 6) is -0.498. The van der Waals surface area contributed by atoms with Crippen molar-refractivity contribution >= 4 is 27.9 Å². The maximum atomic E-state index is 12.6. The molecule has 0 amide bonds. The summed E-state index contributed by atoms with van der Waals surface area (Å²) in [7, 11) is 0. The monoisotopic (exact) mass is 296 g/mol. The maximum Gasteiger partial charge on any atom is 0.345 e. The first-order valence-corrected chi connectivity index (χ1v) is 6.94. The highest BCUT2D eigenvalue weighted by molar-refractivity contribution is 5.93. The van der Waals surface area contributed by atoms with Crippen molar-refractivity contribution in [2.24, 2.45) is 0 Å². The summed E-state index contributed by atoms with van der Waals surface area (Å²) in [5.41, 5.74) is 2.25. The largest absolute Gasteiger partial charge is 0.478 e. The molecule has 1 atom stereocenters. The normalized spacial score (nSPS) is 16.7. The van der Waals surface area contributed by atoms with Crippen LogP contribution in [-0.2, 0) is 11.2 Å². The van der Waals surface area contributed by atoms with Gasteiger partial charge in [0.05, 0.1) is 10.8 Å². The lowest BCUT2D eigenvalue weighted by Gasteiger charge is -2.09. The van der Waals surface area contributed by atoms with Gasteiger partial charge in [0.15, 0.2) is 6.10 Å². The molecule has 1 aliphatic heterocycles. The van der Waals surface area contributed by atoms with Crippen LogP contribution in [0.2, 0.25) is 0 Å². The molecule has 110 valence electrons. The maximum absolute atomic E-state index is 12.6. The Morgan fingerprint density at radius 3 is 2.82 bits per heavy atom. The molecule has 0 saturated heterocycles. The number of hydrogen-bond acceptors (Lipinski definition) is 4. The number of carboxylic acid groups (broad SMARTS) is 1. The Morgan fingerprint density at radius 1 is 1.27 bits per heavy atom. The van der Waals surface area contributed by atoms with Crippen LogP contribution in [0.4, 0.5) is 0 Å². The highest BCUT2D eigenvalue weighted by atomic mass is 16.5. The number of aryl methyl sites for hydroxylation is 1. The van der Waals surface area contributed by atoms with Gasteiger partial charge < -0.3 is 14.3 Å². The smallest absolute Gasteiger partial charge is 0.345 e. The minimum Gasteiger partial charge on any atom is -0.478 e. The van der Waals surface area contributed by atoms with Crippen LogP contribution in [0.15, 0.2) is 39.5 Å². The lowest BCUT2D eigenvalue weighted by Crippen LogP contribution is -2.24. The highest BCUT2D eigenvalue weighted by Gasteiger charge is 2.31. The molecular weight excluding hydrogens is 284 g/mol. The molecule has 0 aliphatic carbocycles. The van der Waals surface area contributed by atoms with Crippen molar-refractivity contribution in [1.82, 2.24) is 0 Å². The first kappa shape index (κ1) is 12.9. The Kier molecular flexibility index (Phi) is 2.54. The molecule has 5 heteroatoms. The summed E-state index contributed by atoms with van der Waals surface area (Å²) in [4.78, 5) is 23.8. The van der Waals surface area contributed by atoms with Gasteiger partial charge in [-0.3, -0.25) is 4.79 Å². The molecule has 3 aromatic rings. The predicted molar refractivity (Wildman–Crippen MR) is 80.5 cm³/mol. The lowest BCUT2D eigenvalue weighted by atomic mass is 10.0. The summed E-state index contributed by atoms with van der Waals surface area (Å²) < 4.78 is 11.3. The van der Waals surface area contributed by atoms with Gasteiger partial charge in [-0.2, -0.15) is 0 Å². The van der Waals surface area contributed by atoms with Gasteiger partial charge in [-0.1, -0.05) is 12.1 Å². The Bertz CT molecular complexity index is 999. The Hall–Kier alpha value is -2.82. The number of ether oxygens (including phenoxy) is 1. The molecule has 0 fully saturated rings. The molecule has 5 nitrogen and oxygen atoms in total. The number of rotatable bonds is 1. The van der Waals surface area contributed by atoms with Crippen LogP contribution in [-0.4, -0.2) is 17.2 Å². The molecule has 0 bridgehead atoms. The van der Waals surface area contributed by atoms with E-state index >= 15 is 0 Å². The zero-order valence-electron chi connectivity index (χ0n) is 11.8. The van der Waals surface area contributed by atoms with Crippen LogP contribution >= 0.6 is 0 Å². The van der Waals surface area contributed by atoms with Gasteiger partial charge in [-0.25, -0.2) is 4.79 Å². The summed E-state index contributed by atoms with van der Waals surface area (Å²) in [6.07, 6.45) is -0.650. The van der Waals surface area contributed by atoms with Crippen molar-refractivity contribution in [3.05, 3.63) is 51.7 Å². The van der Waals surface area contributed by atoms with Crippen molar-refractivity contribution in [3.63, 3.8) is 0 Å². The van der Waals surface area contributed by atoms with E-state index in [0.717, 1.165) is 5.56 Å². The van der Waals surface area contributed by atoms with Gasteiger partial charge in [-0.05, 0) is 30.7 Å². The number of hydrogen-bond donors (Lipinski definition) is 1. The first-order valence-electron chi connectivity index (χ1n) is 6.94. The summed E-state index contributed by atoms with van der Waals surface area (Å²) in [6.45, 7) is 1.78. The minimum absolute atomic E-state index is 0.110. The second-order valence-electron chi connectivity index (χ2n) is 5.44. The van der Waals surface area contributed by atoms with Gasteiger partial charge in [0.1, 0.15) is 16.9 Å². The van der Waals surface area contributed by atoms with E-state index in [2.05, 4.69) is 0 Å². The highest BCUT2D eigenvalue weighted by Crippen LogP contribution is 2.37. The molecular formula is C17H12O5. The molecule has 2 aromatic carbocycles. The average molecular weight is 296 g/mol. The van der Waals surface area contributed by atoms with E-state index in [1.807, 2.05) is 0 Å². The SMILES string of the molecule is Cc1c2c(cc3c(=O)c4ccccc4oc13)CC(C(=O)O)O2. The number of carboxylic acids is 1. The van der Waals surface area contributed by atoms with Gasteiger partial charge in [0.25, 0.3) is 0 Å². The quantitative estimate of drug-likeness (QED) is 0.699. The third-order valence-corrected chi connectivity index (χ3v) is 4.07. The van der Waals surface area contributed by atoms with Crippen LogP contribution in [0.3, 0.4) is 0 Å². The van der Waals surface area contributed by atoms with Crippen LogP contribution in [0, 0.1) is 6.92 Å². The van der Waals surface area contributed by atoms with E-state index < -0.39 is 12.1 Å². The van der Waals surface area contributed by atoms with Crippen molar-refractivity contribution in [1.29, 1.82) is 0 Å². The summed E-state index contributed by atoms with van der Waals surface area (Å²) in [5, 5.41) is 10.1. The van der Waals surface area contributed by atoms with Crippen molar-refractivity contribution < 1.29 is 19.1 Å². The molecule has 0 radical (unpaired) electrons. The Morgan fingerprint density at radius 2 is 2.05 bits per heavy atom. The van der Waals surface area contributed by atoms with E-state index in [-0.39, 0.29) is 11.8 Å². The molecule has 0 saturated carbocycles. The molecule has 4 rings (SSSR count). The second-order valence-corrected chi connectivity index (χ2v) is 5.44. The van der Waals surface area contributed by atoms with Gasteiger partial charge in [-0.15, -0.1) is 0 Å². The minimum atomic E-state index is -1.01. The standard InChI is InChI=1S/C17H12O5/c1-8-15-9(7-13(22-15)17(19)20)6-11-14(18)10-4-2-3-5-12(10)21-16(8)11/h2-6,13H,7H2,1H3,(H,19,20). The topological polar surface area (TPSA) is 76.7 Å². The van der Waals surface area contributed by atoms with Crippen LogP contribution in [0.25, 0.3) is 21.9 Å². The van der Waals surface area contributed by atoms with Crippen LogP contribution in [0.5, 0.6) is 5.75 Å². The van der Waals surface area contributed by atoms with E-state index in [1.54, 1.807) is 37.3 Å². The third-order valence-electron chi connectivity index (χ3n) is 4.07. The van der Waals surface area contributed by atoms with Gasteiger partial charge in [0.2, 0.25) is 5.43 Å².